The zero-order valence-electron chi connectivity index (χ0n) is 11.8. The summed E-state index contributed by atoms with van der Waals surface area (Å²) in [6.07, 6.45) is 5.05. The molecule has 0 saturated heterocycles. The first kappa shape index (κ1) is 15.5. The number of thioether (sulfide) groups is 1. The van der Waals surface area contributed by atoms with Crippen LogP contribution in [0, 0.1) is 10.1 Å². The van der Waals surface area contributed by atoms with Crippen LogP contribution in [0.3, 0.4) is 0 Å². The standard InChI is InChI=1S/C14H17N3O3S/c1-9(14(8-18)21-2)16-12-3-4-13(17(19)20)11-7-15-6-5-10(11)12/h3-7,9,14,16,18H,8H2,1-2H3/t9-,14+/m0/s1. The van der Waals surface area contributed by atoms with E-state index in [1.165, 1.54) is 12.3 Å². The Kier molecular flexibility index (Phi) is 4.98. The monoisotopic (exact) mass is 307 g/mol. The van der Waals surface area contributed by atoms with Gasteiger partial charge in [-0.2, -0.15) is 11.8 Å². The number of aromatic nitrogens is 1. The molecule has 0 spiro atoms. The minimum Gasteiger partial charge on any atom is -0.395 e. The van der Waals surface area contributed by atoms with E-state index in [9.17, 15) is 15.2 Å². The quantitative estimate of drug-likeness (QED) is 0.630. The fourth-order valence-electron chi connectivity index (χ4n) is 2.24. The number of nitro benzene ring substituents is 1. The van der Waals surface area contributed by atoms with Crippen molar-refractivity contribution in [2.75, 3.05) is 18.2 Å². The van der Waals surface area contributed by atoms with Gasteiger partial charge in [-0.25, -0.2) is 0 Å². The number of pyridine rings is 1. The molecule has 1 aromatic heterocycles. The molecule has 0 amide bonds. The van der Waals surface area contributed by atoms with Gasteiger partial charge in [0.25, 0.3) is 5.69 Å². The second-order valence-electron chi connectivity index (χ2n) is 4.70. The molecular weight excluding hydrogens is 290 g/mol. The molecule has 1 heterocycles. The Morgan fingerprint density at radius 3 is 2.81 bits per heavy atom. The minimum atomic E-state index is -0.407. The van der Waals surface area contributed by atoms with E-state index >= 15 is 0 Å². The molecule has 6 nitrogen and oxygen atoms in total. The van der Waals surface area contributed by atoms with Gasteiger partial charge in [-0.15, -0.1) is 0 Å². The highest BCUT2D eigenvalue weighted by Crippen LogP contribution is 2.31. The topological polar surface area (TPSA) is 88.3 Å². The predicted octanol–water partition coefficient (Wildman–Crippen LogP) is 2.67. The van der Waals surface area contributed by atoms with Crippen LogP contribution < -0.4 is 5.32 Å². The molecule has 7 heteroatoms. The fourth-order valence-corrected chi connectivity index (χ4v) is 2.86. The lowest BCUT2D eigenvalue weighted by molar-refractivity contribution is -0.383. The Morgan fingerprint density at radius 1 is 1.43 bits per heavy atom. The van der Waals surface area contributed by atoms with E-state index in [0.29, 0.717) is 5.39 Å². The third kappa shape index (κ3) is 3.25. The second-order valence-corrected chi connectivity index (χ2v) is 5.78. The van der Waals surface area contributed by atoms with Crippen molar-refractivity contribution in [3.63, 3.8) is 0 Å². The molecule has 0 aliphatic heterocycles. The number of hydrogen-bond acceptors (Lipinski definition) is 6. The molecule has 21 heavy (non-hydrogen) atoms. The van der Waals surface area contributed by atoms with Crippen molar-refractivity contribution in [2.45, 2.75) is 18.2 Å². The maximum absolute atomic E-state index is 11.1. The first-order valence-electron chi connectivity index (χ1n) is 6.49. The summed E-state index contributed by atoms with van der Waals surface area (Å²) in [4.78, 5) is 14.6. The number of benzene rings is 1. The van der Waals surface area contributed by atoms with E-state index < -0.39 is 4.92 Å². The van der Waals surface area contributed by atoms with Crippen LogP contribution in [0.5, 0.6) is 0 Å². The summed E-state index contributed by atoms with van der Waals surface area (Å²) in [6, 6.07) is 4.96. The summed E-state index contributed by atoms with van der Waals surface area (Å²) < 4.78 is 0. The largest absolute Gasteiger partial charge is 0.395 e. The number of nitrogens with zero attached hydrogens (tertiary/aromatic N) is 2. The first-order valence-corrected chi connectivity index (χ1v) is 7.78. The average molecular weight is 307 g/mol. The van der Waals surface area contributed by atoms with E-state index in [4.69, 9.17) is 0 Å². The van der Waals surface area contributed by atoms with Crippen molar-refractivity contribution < 1.29 is 10.0 Å². The summed E-state index contributed by atoms with van der Waals surface area (Å²) in [7, 11) is 0. The number of anilines is 1. The van der Waals surface area contributed by atoms with Gasteiger partial charge in [0.05, 0.1) is 16.9 Å². The van der Waals surface area contributed by atoms with E-state index in [-0.39, 0.29) is 23.6 Å². The zero-order valence-corrected chi connectivity index (χ0v) is 12.6. The van der Waals surface area contributed by atoms with Gasteiger partial charge in [0.1, 0.15) is 0 Å². The molecule has 2 aromatic rings. The molecule has 0 radical (unpaired) electrons. The van der Waals surface area contributed by atoms with Gasteiger partial charge in [-0.1, -0.05) is 0 Å². The second kappa shape index (κ2) is 6.73. The van der Waals surface area contributed by atoms with Crippen LogP contribution in [-0.4, -0.2) is 39.2 Å². The lowest BCUT2D eigenvalue weighted by atomic mass is 10.1. The molecule has 1 aromatic carbocycles. The van der Waals surface area contributed by atoms with Crippen molar-refractivity contribution in [3.8, 4) is 0 Å². The SMILES string of the molecule is CS[C@H](CO)[C@H](C)Nc1ccc([N+](=O)[O-])c2cnccc12. The third-order valence-electron chi connectivity index (χ3n) is 3.42. The molecule has 2 atom stereocenters. The summed E-state index contributed by atoms with van der Waals surface area (Å²) >= 11 is 1.58. The number of nitro groups is 1. The van der Waals surface area contributed by atoms with E-state index in [1.807, 2.05) is 13.2 Å². The van der Waals surface area contributed by atoms with Gasteiger partial charge in [-0.05, 0) is 25.3 Å². The molecular formula is C14H17N3O3S. The van der Waals surface area contributed by atoms with Crippen molar-refractivity contribution in [1.82, 2.24) is 4.98 Å². The average Bonchev–Trinajstić information content (AvgIpc) is 2.48. The molecule has 0 unspecified atom stereocenters. The molecule has 0 aliphatic rings. The van der Waals surface area contributed by atoms with Crippen LogP contribution in [0.25, 0.3) is 10.8 Å². The molecule has 0 aliphatic carbocycles. The highest BCUT2D eigenvalue weighted by Gasteiger charge is 2.18. The van der Waals surface area contributed by atoms with Gasteiger partial charge in [-0.3, -0.25) is 15.1 Å². The van der Waals surface area contributed by atoms with Gasteiger partial charge >= 0.3 is 0 Å². The normalized spacial score (nSPS) is 13.9. The van der Waals surface area contributed by atoms with Crippen LogP contribution >= 0.6 is 11.8 Å². The van der Waals surface area contributed by atoms with Crippen molar-refractivity contribution >= 4 is 33.9 Å². The fraction of sp³-hybridized carbons (Fsp3) is 0.357. The van der Waals surface area contributed by atoms with Crippen molar-refractivity contribution in [1.29, 1.82) is 0 Å². The lowest BCUT2D eigenvalue weighted by Gasteiger charge is -2.23. The number of non-ortho nitro benzene ring substituents is 1. The summed E-state index contributed by atoms with van der Waals surface area (Å²) in [6.45, 7) is 2.05. The van der Waals surface area contributed by atoms with Crippen molar-refractivity contribution in [2.24, 2.45) is 0 Å². The summed E-state index contributed by atoms with van der Waals surface area (Å²) in [5.74, 6) is 0. The summed E-state index contributed by atoms with van der Waals surface area (Å²) in [5.41, 5.74) is 0.845. The van der Waals surface area contributed by atoms with Gasteiger partial charge in [0, 0.05) is 40.8 Å². The van der Waals surface area contributed by atoms with Crippen molar-refractivity contribution in [3.05, 3.63) is 40.7 Å². The van der Waals surface area contributed by atoms with Crippen LogP contribution in [0.2, 0.25) is 0 Å². The number of aliphatic hydroxyl groups is 1. The van der Waals surface area contributed by atoms with Gasteiger partial charge in [0.15, 0.2) is 0 Å². The zero-order chi connectivity index (χ0) is 15.4. The van der Waals surface area contributed by atoms with Crippen LogP contribution in [0.15, 0.2) is 30.6 Å². The van der Waals surface area contributed by atoms with Gasteiger partial charge in [0.2, 0.25) is 0 Å². The molecule has 0 saturated carbocycles. The Labute approximate surface area is 126 Å². The molecule has 0 bridgehead atoms. The third-order valence-corrected chi connectivity index (χ3v) is 4.58. The van der Waals surface area contributed by atoms with E-state index in [0.717, 1.165) is 11.1 Å². The first-order chi connectivity index (χ1) is 10.1. The number of hydrogen-bond donors (Lipinski definition) is 2. The molecule has 112 valence electrons. The molecule has 0 fully saturated rings. The van der Waals surface area contributed by atoms with Crippen LogP contribution in [-0.2, 0) is 0 Å². The maximum Gasteiger partial charge on any atom is 0.278 e. The van der Waals surface area contributed by atoms with Crippen LogP contribution in [0.4, 0.5) is 11.4 Å². The van der Waals surface area contributed by atoms with Crippen LogP contribution in [0.1, 0.15) is 6.92 Å². The summed E-state index contributed by atoms with van der Waals surface area (Å²) in [5, 5.41) is 25.0. The Balaban J connectivity index is 2.42. The number of rotatable bonds is 6. The Hall–Kier alpha value is -1.86. The molecule has 2 rings (SSSR count). The molecule has 2 N–H and O–H groups in total. The highest BCUT2D eigenvalue weighted by atomic mass is 32.2. The lowest BCUT2D eigenvalue weighted by Crippen LogP contribution is -2.31. The number of aliphatic hydroxyl groups excluding tert-OH is 1. The Morgan fingerprint density at radius 2 is 2.19 bits per heavy atom. The minimum absolute atomic E-state index is 0.0304. The highest BCUT2D eigenvalue weighted by molar-refractivity contribution is 7.99. The maximum atomic E-state index is 11.1. The predicted molar refractivity (Wildman–Crippen MR) is 85.9 cm³/mol. The van der Waals surface area contributed by atoms with E-state index in [2.05, 4.69) is 10.3 Å². The van der Waals surface area contributed by atoms with Gasteiger partial charge < -0.3 is 10.4 Å². The smallest absolute Gasteiger partial charge is 0.278 e. The number of fused-ring (bicyclic) bond motifs is 1. The number of nitrogens with one attached hydrogen (secondary N) is 1. The Bertz CT molecular complexity index is 646. The van der Waals surface area contributed by atoms with E-state index in [1.54, 1.807) is 30.1 Å².